The van der Waals surface area contributed by atoms with Gasteiger partial charge in [-0.15, -0.1) is 0 Å². The molecule has 1 atom stereocenters. The van der Waals surface area contributed by atoms with E-state index in [0.717, 1.165) is 19.3 Å². The van der Waals surface area contributed by atoms with Crippen LogP contribution in [0.1, 0.15) is 65.5 Å². The van der Waals surface area contributed by atoms with Crippen molar-refractivity contribution >= 4 is 14.5 Å². The van der Waals surface area contributed by atoms with Gasteiger partial charge in [0.25, 0.3) is 5.69 Å². The summed E-state index contributed by atoms with van der Waals surface area (Å²) >= 11 is 0. The predicted molar refractivity (Wildman–Crippen MR) is 124 cm³/mol. The summed E-state index contributed by atoms with van der Waals surface area (Å²) in [4.78, 5) is 11.2. The lowest BCUT2D eigenvalue weighted by Gasteiger charge is -2.28. The fraction of sp³-hybridized carbons (Fsp3) is 0.727. The largest absolute Gasteiger partial charge is 0.500 e. The normalized spacial score (nSPS) is 12.6. The van der Waals surface area contributed by atoms with Gasteiger partial charge in [0.2, 0.25) is 0 Å². The van der Waals surface area contributed by atoms with Crippen molar-refractivity contribution < 1.29 is 32.4 Å². The van der Waals surface area contributed by atoms with E-state index in [-0.39, 0.29) is 5.69 Å². The Bertz CT molecular complexity index is 671. The Morgan fingerprint density at radius 1 is 0.969 bits per heavy atom. The fourth-order valence-corrected chi connectivity index (χ4v) is 6.01. The van der Waals surface area contributed by atoms with Crippen molar-refractivity contribution in [1.82, 2.24) is 0 Å². The minimum absolute atomic E-state index is 0.0418. The molecule has 0 radical (unpaired) electrons. The van der Waals surface area contributed by atoms with Crippen LogP contribution in [0, 0.1) is 10.1 Å². The zero-order valence-electron chi connectivity index (χ0n) is 20.3. The first-order chi connectivity index (χ1) is 15.4. The summed E-state index contributed by atoms with van der Waals surface area (Å²) in [6.07, 6.45) is 1.89. The van der Waals surface area contributed by atoms with Crippen molar-refractivity contribution in [2.45, 2.75) is 66.0 Å². The molecule has 1 aromatic rings. The van der Waals surface area contributed by atoms with Crippen LogP contribution in [-0.4, -0.2) is 53.9 Å². The highest BCUT2D eigenvalue weighted by Crippen LogP contribution is 2.38. The molecular formula is C22H39NO8Si. The molecule has 0 N–H and O–H groups in total. The van der Waals surface area contributed by atoms with E-state index in [2.05, 4.69) is 0 Å². The van der Waals surface area contributed by atoms with E-state index in [1.54, 1.807) is 13.0 Å². The van der Waals surface area contributed by atoms with Crippen LogP contribution < -0.4 is 9.47 Å². The highest BCUT2D eigenvalue weighted by molar-refractivity contribution is 6.60. The maximum atomic E-state index is 11.6. The molecule has 9 nitrogen and oxygen atoms in total. The van der Waals surface area contributed by atoms with Gasteiger partial charge < -0.3 is 27.5 Å². The molecule has 0 amide bonds. The van der Waals surface area contributed by atoms with E-state index in [0.29, 0.717) is 56.1 Å². The summed E-state index contributed by atoms with van der Waals surface area (Å²) in [5, 5.41) is 11.6. The number of benzene rings is 1. The number of methoxy groups -OCH3 is 1. The predicted octanol–water partition coefficient (Wildman–Crippen LogP) is 5.30. The molecule has 0 spiro atoms. The molecule has 0 aliphatic heterocycles. The van der Waals surface area contributed by atoms with E-state index in [9.17, 15) is 10.1 Å². The second-order valence-corrected chi connectivity index (χ2v) is 9.85. The van der Waals surface area contributed by atoms with Crippen LogP contribution in [0.2, 0.25) is 6.04 Å². The van der Waals surface area contributed by atoms with E-state index in [1.165, 1.54) is 13.2 Å². The van der Waals surface area contributed by atoms with Crippen molar-refractivity contribution in [2.75, 3.05) is 40.1 Å². The Morgan fingerprint density at radius 2 is 1.59 bits per heavy atom. The topological polar surface area (TPSA) is 98.5 Å². The van der Waals surface area contributed by atoms with Crippen LogP contribution >= 0.6 is 0 Å². The second-order valence-electron chi connectivity index (χ2n) is 7.12. The third-order valence-electron chi connectivity index (χ3n) is 4.75. The Balaban J connectivity index is 2.77. The summed E-state index contributed by atoms with van der Waals surface area (Å²) in [5.74, 6) is 0.816. The second kappa shape index (κ2) is 15.2. The van der Waals surface area contributed by atoms with Crippen LogP contribution in [-0.2, 0) is 18.0 Å². The summed E-state index contributed by atoms with van der Waals surface area (Å²) in [6.45, 7) is 12.1. The molecule has 0 saturated heterocycles. The average molecular weight is 474 g/mol. The summed E-state index contributed by atoms with van der Waals surface area (Å²) < 4.78 is 34.5. The Hall–Kier alpha value is -1.72. The Morgan fingerprint density at radius 3 is 2.09 bits per heavy atom. The third kappa shape index (κ3) is 8.66. The van der Waals surface area contributed by atoms with Crippen molar-refractivity contribution in [3.63, 3.8) is 0 Å². The third-order valence-corrected chi connectivity index (χ3v) is 7.90. The Kier molecular flexibility index (Phi) is 13.4. The van der Waals surface area contributed by atoms with Crippen molar-refractivity contribution in [3.05, 3.63) is 27.8 Å². The minimum atomic E-state index is -2.67. The SMILES string of the molecule is CCCOc1cc([N+](=O)[O-])c(C(C)OCCCC[Si](OCC)(OCC)OCC)cc1OC. The standard InChI is InChI=1S/C22H39NO8Si/c1-7-13-28-22-17-20(23(24)25)19(16-21(22)26-6)18(5)27-14-11-12-15-32(29-8-2,30-9-3)31-10-4/h16-18H,7-15H2,1-6H3. The number of hydrogen-bond donors (Lipinski definition) is 0. The number of rotatable bonds is 18. The van der Waals surface area contributed by atoms with Crippen LogP contribution in [0.25, 0.3) is 0 Å². The van der Waals surface area contributed by atoms with Crippen LogP contribution in [0.15, 0.2) is 12.1 Å². The molecule has 1 aromatic carbocycles. The quantitative estimate of drug-likeness (QED) is 0.123. The summed E-state index contributed by atoms with van der Waals surface area (Å²) in [6, 6.07) is 3.75. The van der Waals surface area contributed by atoms with Crippen LogP contribution in [0.4, 0.5) is 5.69 Å². The van der Waals surface area contributed by atoms with Gasteiger partial charge in [-0.05, 0) is 53.0 Å². The van der Waals surface area contributed by atoms with Crippen LogP contribution in [0.3, 0.4) is 0 Å². The molecule has 0 aliphatic carbocycles. The van der Waals surface area contributed by atoms with E-state index < -0.39 is 19.8 Å². The molecule has 32 heavy (non-hydrogen) atoms. The molecule has 1 unspecified atom stereocenters. The van der Waals surface area contributed by atoms with E-state index in [1.807, 2.05) is 27.7 Å². The number of nitro benzene ring substituents is 1. The van der Waals surface area contributed by atoms with Gasteiger partial charge in [-0.3, -0.25) is 10.1 Å². The summed E-state index contributed by atoms with van der Waals surface area (Å²) in [7, 11) is -1.15. The number of hydrogen-bond acceptors (Lipinski definition) is 8. The first kappa shape index (κ1) is 28.3. The van der Waals surface area contributed by atoms with Gasteiger partial charge in [-0.2, -0.15) is 0 Å². The molecule has 0 saturated carbocycles. The molecule has 0 aromatic heterocycles. The van der Waals surface area contributed by atoms with Gasteiger partial charge in [0.05, 0.1) is 36.4 Å². The molecule has 184 valence electrons. The molecular weight excluding hydrogens is 434 g/mol. The maximum absolute atomic E-state index is 11.6. The molecule has 0 heterocycles. The molecule has 0 fully saturated rings. The molecule has 10 heteroatoms. The number of unbranched alkanes of at least 4 members (excludes halogenated alkanes) is 1. The first-order valence-electron chi connectivity index (χ1n) is 11.4. The fourth-order valence-electron chi connectivity index (χ4n) is 3.33. The van der Waals surface area contributed by atoms with Gasteiger partial charge in [-0.25, -0.2) is 0 Å². The van der Waals surface area contributed by atoms with Crippen molar-refractivity contribution in [1.29, 1.82) is 0 Å². The van der Waals surface area contributed by atoms with Gasteiger partial charge >= 0.3 is 8.80 Å². The number of ether oxygens (including phenoxy) is 3. The lowest BCUT2D eigenvalue weighted by atomic mass is 10.1. The number of nitro groups is 1. The maximum Gasteiger partial charge on any atom is 0.500 e. The summed E-state index contributed by atoms with van der Waals surface area (Å²) in [5.41, 5.74) is 0.414. The average Bonchev–Trinajstić information content (AvgIpc) is 2.77. The van der Waals surface area contributed by atoms with Gasteiger partial charge in [0, 0.05) is 32.5 Å². The highest BCUT2D eigenvalue weighted by Gasteiger charge is 2.39. The van der Waals surface area contributed by atoms with Gasteiger partial charge in [0.15, 0.2) is 11.5 Å². The van der Waals surface area contributed by atoms with Crippen molar-refractivity contribution in [3.8, 4) is 11.5 Å². The minimum Gasteiger partial charge on any atom is -0.493 e. The molecule has 1 rings (SSSR count). The lowest BCUT2D eigenvalue weighted by molar-refractivity contribution is -0.386. The van der Waals surface area contributed by atoms with Gasteiger partial charge in [-0.1, -0.05) is 6.92 Å². The number of nitrogens with zero attached hydrogens (tertiary/aromatic N) is 1. The smallest absolute Gasteiger partial charge is 0.493 e. The van der Waals surface area contributed by atoms with Crippen molar-refractivity contribution in [2.24, 2.45) is 0 Å². The van der Waals surface area contributed by atoms with E-state index >= 15 is 0 Å². The molecule has 0 aliphatic rings. The first-order valence-corrected chi connectivity index (χ1v) is 13.3. The zero-order valence-corrected chi connectivity index (χ0v) is 21.3. The lowest BCUT2D eigenvalue weighted by Crippen LogP contribution is -2.45. The van der Waals surface area contributed by atoms with Gasteiger partial charge in [0.1, 0.15) is 0 Å². The van der Waals surface area contributed by atoms with E-state index in [4.69, 9.17) is 27.5 Å². The highest BCUT2D eigenvalue weighted by atomic mass is 28.4. The zero-order chi connectivity index (χ0) is 24.0. The molecule has 0 bridgehead atoms. The Labute approximate surface area is 192 Å². The monoisotopic (exact) mass is 473 g/mol. The van der Waals surface area contributed by atoms with Crippen LogP contribution in [0.5, 0.6) is 11.5 Å².